The van der Waals surface area contributed by atoms with Gasteiger partial charge in [0.25, 0.3) is 0 Å². The fourth-order valence-corrected chi connectivity index (χ4v) is 11.3. The Labute approximate surface area is 480 Å². The van der Waals surface area contributed by atoms with Crippen LogP contribution in [0.15, 0.2) is 62.7 Å². The molecule has 0 aromatic carbocycles. The number of nitrogens with one attached hydrogen (secondary N) is 6. The molecule has 7 aromatic rings. The van der Waals surface area contributed by atoms with Crippen molar-refractivity contribution in [3.63, 3.8) is 0 Å². The second-order valence-corrected chi connectivity index (χ2v) is 21.0. The molecule has 2 fully saturated rings. The maximum Gasteiger partial charge on any atom is 0.220 e. The number of imidazole rings is 2. The summed E-state index contributed by atoms with van der Waals surface area (Å²) < 4.78 is 14.3. The van der Waals surface area contributed by atoms with Crippen molar-refractivity contribution >= 4 is 102 Å². The number of H-pyrrole nitrogens is 2. The third-order valence-electron chi connectivity index (χ3n) is 16.0. The fourth-order valence-electron chi connectivity index (χ4n) is 11.3. The number of anilines is 2. The first kappa shape index (κ1) is 57.2. The van der Waals surface area contributed by atoms with Crippen LogP contribution in [0.1, 0.15) is 97.0 Å². The summed E-state index contributed by atoms with van der Waals surface area (Å²) in [5.41, 5.74) is 14.9. The smallest absolute Gasteiger partial charge is 0.220 e. The van der Waals surface area contributed by atoms with E-state index in [-0.39, 0.29) is 50.8 Å². The van der Waals surface area contributed by atoms with Crippen LogP contribution in [0.3, 0.4) is 0 Å². The Morgan fingerprint density at radius 2 is 1.00 bits per heavy atom. The molecular formula is C58H66N16O10. The molecule has 0 unspecified atom stereocenters. The minimum Gasteiger partial charge on any atom is -0.394 e. The maximum atomic E-state index is 13.7. The van der Waals surface area contributed by atoms with E-state index in [9.17, 15) is 40.2 Å². The molecule has 84 heavy (non-hydrogen) atoms. The number of aryl methyl sites for hydroxylation is 2. The van der Waals surface area contributed by atoms with Gasteiger partial charge in [0, 0.05) is 72.2 Å². The SMILES string of the molecule is C=Cc1c(C)c2cc3[nH]c(cc4nc(cc5nc(cc1[nH]2)C(C)=C5CCC(=O)NCCNc1ncnc2c1ncn2[C@H]1O[C@@H](CO)[C@H](O)[C@@H]1O)C(CCC(=O)NCCNc1ncnc2c1ncn2[C@@H]1O[C@H](CO)[C@@H](O)[C@H]1O)=C4C)c(C)c3C=C. The number of hydrogen-bond donors (Lipinski definition) is 12. The molecule has 438 valence electrons. The monoisotopic (exact) mass is 1150 g/mol. The average Bonchev–Trinajstić information content (AvgIpc) is 3.05. The van der Waals surface area contributed by atoms with Crippen LogP contribution >= 0.6 is 0 Å². The normalized spacial score (nSPS) is 21.5. The van der Waals surface area contributed by atoms with Crippen molar-refractivity contribution < 1.29 is 49.7 Å². The Kier molecular flexibility index (Phi) is 16.3. The lowest BCUT2D eigenvalue weighted by atomic mass is 9.98. The van der Waals surface area contributed by atoms with E-state index in [1.54, 1.807) is 0 Å². The highest BCUT2D eigenvalue weighted by Gasteiger charge is 2.45. The minimum atomic E-state index is -1.32. The van der Waals surface area contributed by atoms with E-state index in [1.165, 1.54) is 34.4 Å². The number of aromatic amines is 2. The molecule has 26 nitrogen and oxygen atoms in total. The molecular weight excluding hydrogens is 1080 g/mol. The van der Waals surface area contributed by atoms with Crippen LogP contribution in [0.5, 0.6) is 0 Å². The minimum absolute atomic E-state index is 0.133. The summed E-state index contributed by atoms with van der Waals surface area (Å²) in [6.07, 6.45) is 0.886. The standard InChI is InChI=1S/C58H66N16O10/c1-7-31-27(3)35-17-36-29(5)33(9-11-45(77)59-13-15-61-53-47-55(65-23-63-53)73(25-67-47)57-51(81)49(79)43(21-75)83-57)41(71-36)20-42-34(30(6)38(72-42)19-40-32(8-2)28(4)37(70-40)18-39(31)69-35)10-12-46(78)60-14-16-62-54-48-56(66-24-64-54)74(26-68-48)58-52(82)50(80)44(22-76)84-58/h7-8,17-20,23-26,43-44,49-52,57-58,69-70,75-76,79-82H,1-2,9-16,21-22H2,3-6H3,(H,59,77)(H,60,78)(H,61,63,65)(H,62,64,66)/t43-,44+,49-,50+,51-,52+,57-,58+/m1/s1. The number of nitrogens with zero attached hydrogens (tertiary/aromatic N) is 10. The lowest BCUT2D eigenvalue weighted by molar-refractivity contribution is -0.121. The molecule has 0 saturated carbocycles. The Morgan fingerprint density at radius 1 is 0.571 bits per heavy atom. The van der Waals surface area contributed by atoms with Gasteiger partial charge in [-0.3, -0.25) is 18.7 Å². The van der Waals surface area contributed by atoms with Gasteiger partial charge in [-0.25, -0.2) is 39.9 Å². The van der Waals surface area contributed by atoms with Crippen molar-refractivity contribution in [2.45, 2.75) is 102 Å². The van der Waals surface area contributed by atoms with Gasteiger partial charge >= 0.3 is 0 Å². The predicted molar refractivity (Wildman–Crippen MR) is 314 cm³/mol. The van der Waals surface area contributed by atoms with Crippen molar-refractivity contribution in [2.75, 3.05) is 50.0 Å². The molecule has 11 heterocycles. The van der Waals surface area contributed by atoms with Crippen molar-refractivity contribution in [2.24, 2.45) is 0 Å². The molecule has 0 spiro atoms. The molecule has 2 amide bonds. The molecule has 4 aliphatic rings. The number of amides is 2. The quantitative estimate of drug-likeness (QED) is 0.0485. The van der Waals surface area contributed by atoms with Crippen LogP contribution in [0, 0.1) is 13.8 Å². The van der Waals surface area contributed by atoms with Crippen LogP contribution in [-0.2, 0) is 19.1 Å². The fraction of sp³-hybridized carbons (Fsp3) is 0.379. The zero-order chi connectivity index (χ0) is 59.1. The van der Waals surface area contributed by atoms with Crippen molar-refractivity contribution in [3.8, 4) is 0 Å². The number of aliphatic hydroxyl groups is 6. The molecule has 26 heteroatoms. The molecule has 7 aromatic heterocycles. The first-order valence-corrected chi connectivity index (χ1v) is 27.6. The zero-order valence-electron chi connectivity index (χ0n) is 46.7. The number of carbonyl (C=O) groups excluding carboxylic acids is 2. The van der Waals surface area contributed by atoms with Gasteiger partial charge in [0.2, 0.25) is 11.8 Å². The second kappa shape index (κ2) is 23.9. The molecule has 0 aliphatic carbocycles. The molecule has 8 atom stereocenters. The van der Waals surface area contributed by atoms with Crippen molar-refractivity contribution in [1.29, 1.82) is 0 Å². The number of rotatable bonds is 20. The van der Waals surface area contributed by atoms with E-state index in [0.29, 0.717) is 69.6 Å². The highest BCUT2D eigenvalue weighted by Crippen LogP contribution is 2.39. The zero-order valence-corrected chi connectivity index (χ0v) is 46.7. The number of aliphatic hydroxyl groups excluding tert-OH is 6. The average molecular weight is 1150 g/mol. The van der Waals surface area contributed by atoms with E-state index in [4.69, 9.17) is 19.4 Å². The summed E-state index contributed by atoms with van der Waals surface area (Å²) in [4.78, 5) is 71.2. The molecule has 4 aliphatic heterocycles. The van der Waals surface area contributed by atoms with Gasteiger partial charge < -0.3 is 71.3 Å². The van der Waals surface area contributed by atoms with Gasteiger partial charge in [-0.2, -0.15) is 0 Å². The Hall–Kier alpha value is -8.60. The van der Waals surface area contributed by atoms with Gasteiger partial charge in [-0.1, -0.05) is 25.3 Å². The lowest BCUT2D eigenvalue weighted by Gasteiger charge is -2.16. The summed E-state index contributed by atoms with van der Waals surface area (Å²) in [5.74, 6) is 0.384. The molecule has 11 rings (SSSR count). The van der Waals surface area contributed by atoms with E-state index < -0.39 is 62.3 Å². The van der Waals surface area contributed by atoms with Gasteiger partial charge in [0.15, 0.2) is 46.4 Å². The van der Waals surface area contributed by atoms with Gasteiger partial charge in [-0.05, 0) is 98.2 Å². The number of allylic oxidation sites excluding steroid dienone is 4. The van der Waals surface area contributed by atoms with E-state index in [0.717, 1.165) is 66.6 Å². The summed E-state index contributed by atoms with van der Waals surface area (Å²) >= 11 is 0. The third kappa shape index (κ3) is 10.7. The highest BCUT2D eigenvalue weighted by molar-refractivity contribution is 5.98. The molecule has 0 radical (unpaired) electrons. The molecule has 2 saturated heterocycles. The summed E-state index contributed by atoms with van der Waals surface area (Å²) in [7, 11) is 0. The number of aromatic nitrogens is 12. The number of fused-ring (bicyclic) bond motifs is 10. The number of carbonyl (C=O) groups is 2. The summed E-state index contributed by atoms with van der Waals surface area (Å²) in [5, 5.41) is 73.5. The Morgan fingerprint density at radius 3 is 1.43 bits per heavy atom. The first-order valence-electron chi connectivity index (χ1n) is 27.6. The van der Waals surface area contributed by atoms with E-state index in [2.05, 4.69) is 80.4 Å². The van der Waals surface area contributed by atoms with Crippen LogP contribution < -0.4 is 21.3 Å². The summed E-state index contributed by atoms with van der Waals surface area (Å²) in [6, 6.07) is 8.02. The van der Waals surface area contributed by atoms with Crippen LogP contribution in [-0.4, -0.2) is 177 Å². The topological polar surface area (TPSA) is 367 Å². The molecule has 8 bridgehead atoms. The van der Waals surface area contributed by atoms with Gasteiger partial charge in [0.05, 0.1) is 48.6 Å². The van der Waals surface area contributed by atoms with E-state index >= 15 is 0 Å². The van der Waals surface area contributed by atoms with E-state index in [1.807, 2.05) is 58.0 Å². The highest BCUT2D eigenvalue weighted by atomic mass is 16.6. The lowest BCUT2D eigenvalue weighted by Crippen LogP contribution is -2.33. The predicted octanol–water partition coefficient (Wildman–Crippen LogP) is 3.60. The summed E-state index contributed by atoms with van der Waals surface area (Å²) in [6.45, 7) is 16.5. The van der Waals surface area contributed by atoms with Gasteiger partial charge in [-0.15, -0.1) is 0 Å². The van der Waals surface area contributed by atoms with Crippen LogP contribution in [0.4, 0.5) is 11.6 Å². The van der Waals surface area contributed by atoms with Crippen LogP contribution in [0.2, 0.25) is 0 Å². The number of ether oxygens (including phenoxy) is 2. The first-order chi connectivity index (χ1) is 40.6. The number of hydrogen-bond acceptors (Lipinski definition) is 20. The Bertz CT molecular complexity index is 3980. The Balaban J connectivity index is 0.815. The maximum absolute atomic E-state index is 13.7. The van der Waals surface area contributed by atoms with Crippen molar-refractivity contribution in [3.05, 3.63) is 108 Å². The van der Waals surface area contributed by atoms with Crippen LogP contribution in [0.25, 0.3) is 78.8 Å². The third-order valence-corrected chi connectivity index (χ3v) is 16.0. The molecule has 12 N–H and O–H groups in total. The largest absolute Gasteiger partial charge is 0.394 e. The van der Waals surface area contributed by atoms with Gasteiger partial charge in [0.1, 0.15) is 49.3 Å². The second-order valence-electron chi connectivity index (χ2n) is 21.0. The van der Waals surface area contributed by atoms with Crippen molar-refractivity contribution in [1.82, 2.24) is 69.6 Å².